The fourth-order valence-electron chi connectivity index (χ4n) is 2.78. The Morgan fingerprint density at radius 3 is 2.59 bits per heavy atom. The van der Waals surface area contributed by atoms with Crippen LogP contribution in [0.25, 0.3) is 0 Å². The van der Waals surface area contributed by atoms with Gasteiger partial charge in [0, 0.05) is 10.7 Å². The number of ketones is 1. The van der Waals surface area contributed by atoms with Gasteiger partial charge in [-0.25, -0.2) is 0 Å². The number of halogens is 1. The molecule has 17 heavy (non-hydrogen) atoms. The van der Waals surface area contributed by atoms with Gasteiger partial charge in [-0.3, -0.25) is 4.79 Å². The van der Waals surface area contributed by atoms with Crippen LogP contribution in [0.4, 0.5) is 0 Å². The highest BCUT2D eigenvalue weighted by atomic mass is 79.9. The largest absolute Gasteiger partial charge is 0.300 e. The van der Waals surface area contributed by atoms with Crippen molar-refractivity contribution in [3.63, 3.8) is 0 Å². The molecule has 98 valence electrons. The van der Waals surface area contributed by atoms with E-state index in [0.717, 1.165) is 12.8 Å². The van der Waals surface area contributed by atoms with Crippen LogP contribution in [0.3, 0.4) is 0 Å². The van der Waals surface area contributed by atoms with Crippen LogP contribution in [0.1, 0.15) is 47.5 Å². The summed E-state index contributed by atoms with van der Waals surface area (Å²) in [5.74, 6) is 1.52. The van der Waals surface area contributed by atoms with Crippen molar-refractivity contribution in [3.05, 3.63) is 12.2 Å². The van der Waals surface area contributed by atoms with Gasteiger partial charge in [0.05, 0.1) is 0 Å². The maximum atomic E-state index is 11.5. The van der Waals surface area contributed by atoms with Crippen LogP contribution < -0.4 is 0 Å². The van der Waals surface area contributed by atoms with Crippen molar-refractivity contribution >= 4 is 21.7 Å². The molecule has 0 aromatic carbocycles. The van der Waals surface area contributed by atoms with E-state index in [1.807, 2.05) is 6.92 Å². The van der Waals surface area contributed by atoms with E-state index < -0.39 is 0 Å². The van der Waals surface area contributed by atoms with Crippen LogP contribution in [0.5, 0.6) is 0 Å². The lowest BCUT2D eigenvalue weighted by Gasteiger charge is -2.48. The number of carbonyl (C=O) groups excluding carboxylic acids is 1. The minimum atomic E-state index is 0.140. The number of hydrogen-bond donors (Lipinski definition) is 0. The highest BCUT2D eigenvalue weighted by Gasteiger charge is 2.43. The van der Waals surface area contributed by atoms with E-state index >= 15 is 0 Å². The van der Waals surface area contributed by atoms with Gasteiger partial charge in [0.2, 0.25) is 0 Å². The van der Waals surface area contributed by atoms with E-state index in [0.29, 0.717) is 16.7 Å². The minimum Gasteiger partial charge on any atom is -0.300 e. The lowest BCUT2D eigenvalue weighted by Crippen LogP contribution is -2.41. The zero-order valence-corrected chi connectivity index (χ0v) is 13.3. The molecule has 0 spiro atoms. The van der Waals surface area contributed by atoms with Crippen molar-refractivity contribution in [2.24, 2.45) is 23.2 Å². The van der Waals surface area contributed by atoms with Gasteiger partial charge in [0.25, 0.3) is 0 Å². The molecule has 0 heterocycles. The second-order valence-corrected chi connectivity index (χ2v) is 7.41. The van der Waals surface area contributed by atoms with E-state index in [2.05, 4.69) is 43.3 Å². The van der Waals surface area contributed by atoms with Crippen molar-refractivity contribution < 1.29 is 4.79 Å². The van der Waals surface area contributed by atoms with Gasteiger partial charge >= 0.3 is 0 Å². The molecule has 0 aromatic rings. The number of rotatable bonds is 3. The maximum absolute atomic E-state index is 11.5. The topological polar surface area (TPSA) is 17.1 Å². The van der Waals surface area contributed by atoms with E-state index in [-0.39, 0.29) is 17.1 Å². The summed E-state index contributed by atoms with van der Waals surface area (Å²) in [5, 5.41) is 0. The molecule has 1 aliphatic rings. The van der Waals surface area contributed by atoms with Gasteiger partial charge in [-0.05, 0) is 37.0 Å². The van der Waals surface area contributed by atoms with Crippen LogP contribution >= 0.6 is 15.9 Å². The summed E-state index contributed by atoms with van der Waals surface area (Å²) in [6.07, 6.45) is 2.09. The predicted molar refractivity (Wildman–Crippen MR) is 77.4 cm³/mol. The average molecular weight is 301 g/mol. The summed E-state index contributed by atoms with van der Waals surface area (Å²) in [4.78, 5) is 11.9. The highest BCUT2D eigenvalue weighted by molar-refractivity contribution is 9.09. The standard InChI is InChI=1S/C15H25BrO/c1-9(12(4)17)7-13-11(3)14(16)8-10(2)15(13,5)6/h9-10,13-14H,3,7-8H2,1-2,4-6H3. The normalized spacial score (nSPS) is 34.5. The summed E-state index contributed by atoms with van der Waals surface area (Å²) in [6, 6.07) is 0. The first-order valence-electron chi connectivity index (χ1n) is 6.51. The molecule has 4 unspecified atom stereocenters. The Balaban J connectivity index is 2.91. The van der Waals surface area contributed by atoms with Gasteiger partial charge in [0.1, 0.15) is 5.78 Å². The molecule has 1 aliphatic carbocycles. The average Bonchev–Trinajstić information content (AvgIpc) is 2.21. The number of alkyl halides is 1. The molecular weight excluding hydrogens is 276 g/mol. The van der Waals surface area contributed by atoms with E-state index in [4.69, 9.17) is 0 Å². The van der Waals surface area contributed by atoms with Crippen LogP contribution in [-0.4, -0.2) is 10.6 Å². The monoisotopic (exact) mass is 300 g/mol. The van der Waals surface area contributed by atoms with Crippen LogP contribution in [0.15, 0.2) is 12.2 Å². The molecule has 0 saturated heterocycles. The van der Waals surface area contributed by atoms with Crippen LogP contribution in [0, 0.1) is 23.2 Å². The Kier molecular flexibility index (Phi) is 4.62. The third-order valence-electron chi connectivity index (χ3n) is 4.86. The van der Waals surface area contributed by atoms with Crippen LogP contribution in [0.2, 0.25) is 0 Å². The Labute approximate surface area is 114 Å². The quantitative estimate of drug-likeness (QED) is 0.550. The third kappa shape index (κ3) is 3.01. The summed E-state index contributed by atoms with van der Waals surface area (Å²) in [5.41, 5.74) is 1.52. The Bertz CT molecular complexity index is 319. The molecule has 1 fully saturated rings. The first kappa shape index (κ1) is 14.9. The lowest BCUT2D eigenvalue weighted by molar-refractivity contribution is -0.121. The van der Waals surface area contributed by atoms with Crippen molar-refractivity contribution in [1.82, 2.24) is 0 Å². The molecule has 2 heteroatoms. The molecule has 0 radical (unpaired) electrons. The van der Waals surface area contributed by atoms with Crippen molar-refractivity contribution in [3.8, 4) is 0 Å². The van der Waals surface area contributed by atoms with E-state index in [9.17, 15) is 4.79 Å². The second kappa shape index (κ2) is 5.26. The van der Waals surface area contributed by atoms with Gasteiger partial charge in [-0.2, -0.15) is 0 Å². The first-order chi connectivity index (χ1) is 7.67. The Morgan fingerprint density at radius 1 is 1.59 bits per heavy atom. The Morgan fingerprint density at radius 2 is 2.12 bits per heavy atom. The number of allylic oxidation sites excluding steroid dienone is 1. The molecule has 0 aromatic heterocycles. The fraction of sp³-hybridized carbons (Fsp3) is 0.800. The summed E-state index contributed by atoms with van der Waals surface area (Å²) in [7, 11) is 0. The molecule has 1 rings (SSSR count). The van der Waals surface area contributed by atoms with Gasteiger partial charge < -0.3 is 0 Å². The van der Waals surface area contributed by atoms with Crippen molar-refractivity contribution in [2.75, 3.05) is 0 Å². The highest BCUT2D eigenvalue weighted by Crippen LogP contribution is 2.51. The Hall–Kier alpha value is -0.110. The van der Waals surface area contributed by atoms with E-state index in [1.54, 1.807) is 6.92 Å². The summed E-state index contributed by atoms with van der Waals surface area (Å²) >= 11 is 3.73. The molecule has 4 atom stereocenters. The molecule has 0 amide bonds. The zero-order valence-electron chi connectivity index (χ0n) is 11.7. The molecule has 0 N–H and O–H groups in total. The lowest BCUT2D eigenvalue weighted by atomic mass is 9.59. The number of carbonyl (C=O) groups is 1. The number of Topliss-reactive ketones (excluding diaryl/α,β-unsaturated/α-hetero) is 1. The predicted octanol–water partition coefficient (Wildman–Crippen LogP) is 4.60. The summed E-state index contributed by atoms with van der Waals surface area (Å²) < 4.78 is 0. The molecular formula is C15H25BrO. The zero-order chi connectivity index (χ0) is 13.4. The fourth-order valence-corrected chi connectivity index (χ4v) is 3.66. The van der Waals surface area contributed by atoms with E-state index in [1.165, 1.54) is 5.57 Å². The maximum Gasteiger partial charge on any atom is 0.132 e. The molecule has 0 aliphatic heterocycles. The van der Waals surface area contributed by atoms with Gasteiger partial charge in [-0.1, -0.05) is 55.8 Å². The SMILES string of the molecule is C=C1C(Br)CC(C)C(C)(C)C1CC(C)C(C)=O. The molecule has 0 bridgehead atoms. The van der Waals surface area contributed by atoms with Crippen molar-refractivity contribution in [1.29, 1.82) is 0 Å². The second-order valence-electron chi connectivity index (χ2n) is 6.30. The van der Waals surface area contributed by atoms with Crippen molar-refractivity contribution in [2.45, 2.75) is 52.3 Å². The van der Waals surface area contributed by atoms with Gasteiger partial charge in [-0.15, -0.1) is 0 Å². The van der Waals surface area contributed by atoms with Gasteiger partial charge in [0.15, 0.2) is 0 Å². The molecule has 1 saturated carbocycles. The number of hydrogen-bond acceptors (Lipinski definition) is 1. The third-order valence-corrected chi connectivity index (χ3v) is 5.82. The first-order valence-corrected chi connectivity index (χ1v) is 7.42. The smallest absolute Gasteiger partial charge is 0.132 e. The summed E-state index contributed by atoms with van der Waals surface area (Å²) in [6.45, 7) is 14.9. The van der Waals surface area contributed by atoms with Crippen LogP contribution in [-0.2, 0) is 4.79 Å². The molecule has 1 nitrogen and oxygen atoms in total. The minimum absolute atomic E-state index is 0.140.